The molecule has 0 N–H and O–H groups in total. The lowest BCUT2D eigenvalue weighted by Gasteiger charge is -1.99. The van der Waals surface area contributed by atoms with Crippen LogP contribution < -0.4 is 0 Å². The summed E-state index contributed by atoms with van der Waals surface area (Å²) in [5.74, 6) is 0.428. The standard InChI is InChI=1S/C14H10Cl2N2S/c15-8-10-9-18(11-4-2-1-3-5-11)17-14(10)12-6-7-13(16)19-12/h1-7,9H,8H2. The summed E-state index contributed by atoms with van der Waals surface area (Å²) in [6.07, 6.45) is 1.96. The summed E-state index contributed by atoms with van der Waals surface area (Å²) < 4.78 is 2.60. The van der Waals surface area contributed by atoms with E-state index in [0.717, 1.165) is 26.2 Å². The first kappa shape index (κ1) is 12.7. The Balaban J connectivity index is 2.09. The van der Waals surface area contributed by atoms with Crippen molar-refractivity contribution in [1.82, 2.24) is 9.78 Å². The molecule has 0 bridgehead atoms. The Kier molecular flexibility index (Phi) is 3.60. The van der Waals surface area contributed by atoms with E-state index in [-0.39, 0.29) is 0 Å². The second-order valence-electron chi connectivity index (χ2n) is 4.02. The SMILES string of the molecule is ClCc1cn(-c2ccccc2)nc1-c1ccc(Cl)s1. The minimum absolute atomic E-state index is 0.428. The van der Waals surface area contributed by atoms with Gasteiger partial charge >= 0.3 is 0 Å². The van der Waals surface area contributed by atoms with Crippen molar-refractivity contribution in [3.05, 3.63) is 58.6 Å². The van der Waals surface area contributed by atoms with Crippen LogP contribution in [-0.2, 0) is 5.88 Å². The Morgan fingerprint density at radius 1 is 1.11 bits per heavy atom. The molecule has 0 atom stereocenters. The third-order valence-corrected chi connectivity index (χ3v) is 4.29. The maximum Gasteiger partial charge on any atom is 0.107 e. The highest BCUT2D eigenvalue weighted by Crippen LogP contribution is 2.33. The van der Waals surface area contributed by atoms with E-state index >= 15 is 0 Å². The van der Waals surface area contributed by atoms with Gasteiger partial charge in [0.1, 0.15) is 5.69 Å². The van der Waals surface area contributed by atoms with Crippen LogP contribution in [-0.4, -0.2) is 9.78 Å². The molecule has 0 radical (unpaired) electrons. The summed E-state index contributed by atoms with van der Waals surface area (Å²) in [6, 6.07) is 13.8. The number of alkyl halides is 1. The minimum atomic E-state index is 0.428. The van der Waals surface area contributed by atoms with Gasteiger partial charge in [-0.05, 0) is 24.3 Å². The lowest BCUT2D eigenvalue weighted by atomic mass is 10.2. The molecular weight excluding hydrogens is 299 g/mol. The molecule has 0 spiro atoms. The molecule has 0 unspecified atom stereocenters. The molecule has 2 aromatic heterocycles. The molecule has 3 rings (SSSR count). The quantitative estimate of drug-likeness (QED) is 0.623. The van der Waals surface area contributed by atoms with Gasteiger partial charge in [0.05, 0.1) is 20.8 Å². The van der Waals surface area contributed by atoms with E-state index in [2.05, 4.69) is 5.10 Å². The maximum absolute atomic E-state index is 6.01. The molecule has 0 aliphatic heterocycles. The molecule has 0 aliphatic carbocycles. The second kappa shape index (κ2) is 5.37. The molecule has 1 aromatic carbocycles. The fourth-order valence-electron chi connectivity index (χ4n) is 1.87. The van der Waals surface area contributed by atoms with Gasteiger partial charge in [-0.2, -0.15) is 5.10 Å². The van der Waals surface area contributed by atoms with E-state index in [1.54, 1.807) is 0 Å². The number of benzene rings is 1. The highest BCUT2D eigenvalue weighted by Gasteiger charge is 2.13. The largest absolute Gasteiger partial charge is 0.240 e. The van der Waals surface area contributed by atoms with Crippen LogP contribution in [0.1, 0.15) is 5.56 Å². The Bertz CT molecular complexity index is 689. The molecule has 0 fully saturated rings. The molecule has 3 aromatic rings. The van der Waals surface area contributed by atoms with Crippen molar-refractivity contribution in [3.8, 4) is 16.3 Å². The van der Waals surface area contributed by atoms with Crippen LogP contribution in [0.15, 0.2) is 48.7 Å². The Morgan fingerprint density at radius 3 is 2.53 bits per heavy atom. The van der Waals surface area contributed by atoms with Gasteiger partial charge in [-0.15, -0.1) is 22.9 Å². The zero-order chi connectivity index (χ0) is 13.2. The molecular formula is C14H10Cl2N2S. The number of aromatic nitrogens is 2. The Hall–Kier alpha value is -1.29. The van der Waals surface area contributed by atoms with Gasteiger partial charge in [-0.1, -0.05) is 29.8 Å². The van der Waals surface area contributed by atoms with Crippen LogP contribution in [0.3, 0.4) is 0 Å². The molecule has 0 saturated heterocycles. The van der Waals surface area contributed by atoms with Gasteiger partial charge in [0.2, 0.25) is 0 Å². The van der Waals surface area contributed by atoms with Crippen molar-refractivity contribution in [2.45, 2.75) is 5.88 Å². The predicted molar refractivity (Wildman–Crippen MR) is 81.4 cm³/mol. The number of thiophene rings is 1. The number of para-hydroxylation sites is 1. The first-order chi connectivity index (χ1) is 9.28. The van der Waals surface area contributed by atoms with Crippen molar-refractivity contribution < 1.29 is 0 Å². The van der Waals surface area contributed by atoms with Gasteiger partial charge in [0.25, 0.3) is 0 Å². The van der Waals surface area contributed by atoms with Gasteiger partial charge < -0.3 is 0 Å². The van der Waals surface area contributed by atoms with Gasteiger partial charge in [0, 0.05) is 11.8 Å². The highest BCUT2D eigenvalue weighted by molar-refractivity contribution is 7.19. The Labute approximate surface area is 125 Å². The second-order valence-corrected chi connectivity index (χ2v) is 6.00. The number of nitrogens with zero attached hydrogens (tertiary/aromatic N) is 2. The molecule has 2 heterocycles. The molecule has 96 valence electrons. The Morgan fingerprint density at radius 2 is 1.89 bits per heavy atom. The summed E-state index contributed by atoms with van der Waals surface area (Å²) in [5, 5.41) is 4.62. The van der Waals surface area contributed by atoms with Crippen LogP contribution in [0.2, 0.25) is 4.34 Å². The number of rotatable bonds is 3. The third-order valence-electron chi connectivity index (χ3n) is 2.76. The smallest absolute Gasteiger partial charge is 0.107 e. The normalized spacial score (nSPS) is 10.8. The van der Waals surface area contributed by atoms with Crippen LogP contribution >= 0.6 is 34.5 Å². The van der Waals surface area contributed by atoms with E-state index in [1.807, 2.05) is 53.3 Å². The number of halogens is 2. The highest BCUT2D eigenvalue weighted by atomic mass is 35.5. The van der Waals surface area contributed by atoms with Crippen LogP contribution in [0.4, 0.5) is 0 Å². The van der Waals surface area contributed by atoms with Crippen LogP contribution in [0, 0.1) is 0 Å². The molecule has 0 amide bonds. The molecule has 0 aliphatic rings. The van der Waals surface area contributed by atoms with Crippen molar-refractivity contribution in [2.75, 3.05) is 0 Å². The van der Waals surface area contributed by atoms with E-state index in [0.29, 0.717) is 5.88 Å². The monoisotopic (exact) mass is 308 g/mol. The minimum Gasteiger partial charge on any atom is -0.240 e. The van der Waals surface area contributed by atoms with Gasteiger partial charge in [-0.25, -0.2) is 4.68 Å². The molecule has 2 nitrogen and oxygen atoms in total. The maximum atomic E-state index is 6.01. The fraction of sp³-hybridized carbons (Fsp3) is 0.0714. The summed E-state index contributed by atoms with van der Waals surface area (Å²) in [4.78, 5) is 1.04. The zero-order valence-electron chi connectivity index (χ0n) is 9.88. The average molecular weight is 309 g/mol. The lowest BCUT2D eigenvalue weighted by molar-refractivity contribution is 0.884. The van der Waals surface area contributed by atoms with Crippen molar-refractivity contribution in [3.63, 3.8) is 0 Å². The van der Waals surface area contributed by atoms with Crippen molar-refractivity contribution >= 4 is 34.5 Å². The van der Waals surface area contributed by atoms with Crippen LogP contribution in [0.25, 0.3) is 16.3 Å². The predicted octanol–water partition coefficient (Wildman–Crippen LogP) is 4.99. The average Bonchev–Trinajstić information content (AvgIpc) is 3.05. The van der Waals surface area contributed by atoms with Crippen molar-refractivity contribution in [1.29, 1.82) is 0 Å². The summed E-state index contributed by atoms with van der Waals surface area (Å²) in [6.45, 7) is 0. The fourth-order valence-corrected chi connectivity index (χ4v) is 3.13. The van der Waals surface area contributed by atoms with Gasteiger partial charge in [0.15, 0.2) is 0 Å². The van der Waals surface area contributed by atoms with E-state index < -0.39 is 0 Å². The zero-order valence-corrected chi connectivity index (χ0v) is 12.2. The van der Waals surface area contributed by atoms with E-state index in [4.69, 9.17) is 23.2 Å². The summed E-state index contributed by atoms with van der Waals surface area (Å²) in [5.41, 5.74) is 2.92. The first-order valence-corrected chi connectivity index (χ1v) is 7.46. The number of hydrogen-bond donors (Lipinski definition) is 0. The third kappa shape index (κ3) is 2.54. The first-order valence-electron chi connectivity index (χ1n) is 5.73. The lowest BCUT2D eigenvalue weighted by Crippen LogP contribution is -1.93. The molecule has 0 saturated carbocycles. The number of hydrogen-bond acceptors (Lipinski definition) is 2. The summed E-state index contributed by atoms with van der Waals surface area (Å²) >= 11 is 13.5. The van der Waals surface area contributed by atoms with Crippen molar-refractivity contribution in [2.24, 2.45) is 0 Å². The molecule has 5 heteroatoms. The van der Waals surface area contributed by atoms with E-state index in [1.165, 1.54) is 11.3 Å². The topological polar surface area (TPSA) is 17.8 Å². The van der Waals surface area contributed by atoms with Crippen LogP contribution in [0.5, 0.6) is 0 Å². The van der Waals surface area contributed by atoms with Gasteiger partial charge in [-0.3, -0.25) is 0 Å². The van der Waals surface area contributed by atoms with E-state index in [9.17, 15) is 0 Å². The summed E-state index contributed by atoms with van der Waals surface area (Å²) in [7, 11) is 0. The molecule has 19 heavy (non-hydrogen) atoms.